The van der Waals surface area contributed by atoms with Gasteiger partial charge in [0.05, 0.1) is 6.61 Å². The van der Waals surface area contributed by atoms with Crippen LogP contribution in [0.5, 0.6) is 5.75 Å². The van der Waals surface area contributed by atoms with E-state index in [2.05, 4.69) is 5.32 Å². The second kappa shape index (κ2) is 4.81. The third-order valence-electron chi connectivity index (χ3n) is 1.47. The lowest BCUT2D eigenvalue weighted by Crippen LogP contribution is -2.02. The molecule has 1 aromatic rings. The molecule has 0 fully saturated rings. The molecular formula is C9H9ClFNO2. The molecule has 76 valence electrons. The fraction of sp³-hybridized carbons (Fsp3) is 0.222. The largest absolute Gasteiger partial charge is 0.491 e. The molecule has 0 unspecified atom stereocenters. The van der Waals surface area contributed by atoms with Crippen LogP contribution in [0, 0.1) is 5.82 Å². The number of nitrogens with one attached hydrogen (secondary N) is 1. The van der Waals surface area contributed by atoms with E-state index in [1.165, 1.54) is 12.1 Å². The van der Waals surface area contributed by atoms with Gasteiger partial charge in [0.25, 0.3) is 0 Å². The predicted molar refractivity (Wildman–Crippen MR) is 52.4 cm³/mol. The third kappa shape index (κ3) is 2.88. The van der Waals surface area contributed by atoms with Gasteiger partial charge in [-0.1, -0.05) is 0 Å². The van der Waals surface area contributed by atoms with Crippen LogP contribution in [0.4, 0.5) is 14.9 Å². The minimum absolute atomic E-state index is 0.153. The molecule has 0 aliphatic rings. The summed E-state index contributed by atoms with van der Waals surface area (Å²) < 4.78 is 18.1. The zero-order valence-corrected chi connectivity index (χ0v) is 8.27. The van der Waals surface area contributed by atoms with Gasteiger partial charge in [-0.25, -0.2) is 4.39 Å². The lowest BCUT2D eigenvalue weighted by atomic mass is 10.3. The van der Waals surface area contributed by atoms with Gasteiger partial charge in [-0.2, -0.15) is 0 Å². The Bertz CT molecular complexity index is 344. The van der Waals surface area contributed by atoms with Crippen LogP contribution in [0.1, 0.15) is 6.92 Å². The minimum Gasteiger partial charge on any atom is -0.491 e. The molecule has 0 aromatic heterocycles. The molecule has 0 aliphatic carbocycles. The molecule has 1 aromatic carbocycles. The average molecular weight is 218 g/mol. The first kappa shape index (κ1) is 10.8. The van der Waals surface area contributed by atoms with Gasteiger partial charge in [-0.15, -0.1) is 0 Å². The Morgan fingerprint density at radius 3 is 2.86 bits per heavy atom. The normalized spacial score (nSPS) is 9.64. The Hall–Kier alpha value is -1.29. The van der Waals surface area contributed by atoms with Gasteiger partial charge in [0.15, 0.2) is 11.6 Å². The van der Waals surface area contributed by atoms with Crippen LogP contribution in [0.25, 0.3) is 0 Å². The summed E-state index contributed by atoms with van der Waals surface area (Å²) in [6, 6.07) is 4.08. The molecule has 5 heteroatoms. The van der Waals surface area contributed by atoms with Crippen LogP contribution in [-0.2, 0) is 0 Å². The van der Waals surface area contributed by atoms with Crippen molar-refractivity contribution in [2.75, 3.05) is 11.9 Å². The van der Waals surface area contributed by atoms with Gasteiger partial charge in [0.2, 0.25) is 0 Å². The predicted octanol–water partition coefficient (Wildman–Crippen LogP) is 3.00. The molecule has 0 saturated carbocycles. The maximum atomic E-state index is 13.2. The topological polar surface area (TPSA) is 38.3 Å². The van der Waals surface area contributed by atoms with E-state index in [1.807, 2.05) is 0 Å². The highest BCUT2D eigenvalue weighted by molar-refractivity contribution is 6.65. The van der Waals surface area contributed by atoms with E-state index in [0.29, 0.717) is 12.3 Å². The molecule has 14 heavy (non-hydrogen) atoms. The highest BCUT2D eigenvalue weighted by Gasteiger charge is 2.05. The molecule has 0 spiro atoms. The number of benzene rings is 1. The van der Waals surface area contributed by atoms with Crippen LogP contribution in [0.15, 0.2) is 18.2 Å². The monoisotopic (exact) mass is 217 g/mol. The van der Waals surface area contributed by atoms with Crippen molar-refractivity contribution in [3.8, 4) is 5.75 Å². The summed E-state index contributed by atoms with van der Waals surface area (Å²) in [6.45, 7) is 2.14. The lowest BCUT2D eigenvalue weighted by molar-refractivity contribution is 0.269. The van der Waals surface area contributed by atoms with E-state index in [-0.39, 0.29) is 5.75 Å². The number of amides is 1. The van der Waals surface area contributed by atoms with Crippen molar-refractivity contribution >= 4 is 22.7 Å². The van der Waals surface area contributed by atoms with E-state index in [4.69, 9.17) is 16.3 Å². The van der Waals surface area contributed by atoms with Crippen molar-refractivity contribution < 1.29 is 13.9 Å². The molecule has 0 aliphatic heterocycles. The smallest absolute Gasteiger partial charge is 0.318 e. The fourth-order valence-electron chi connectivity index (χ4n) is 0.965. The van der Waals surface area contributed by atoms with Crippen LogP contribution in [0.3, 0.4) is 0 Å². The molecule has 0 radical (unpaired) electrons. The first-order chi connectivity index (χ1) is 6.63. The number of carbonyl (C=O) groups is 1. The van der Waals surface area contributed by atoms with Gasteiger partial charge in [0.1, 0.15) is 0 Å². The van der Waals surface area contributed by atoms with E-state index in [9.17, 15) is 9.18 Å². The summed E-state index contributed by atoms with van der Waals surface area (Å²) in [6.07, 6.45) is 0. The van der Waals surface area contributed by atoms with E-state index in [0.717, 1.165) is 6.07 Å². The fourth-order valence-corrected chi connectivity index (χ4v) is 1.07. The Labute approximate surface area is 85.8 Å². The summed E-state index contributed by atoms with van der Waals surface area (Å²) in [5, 5.41) is 1.49. The number of hydrogen-bond donors (Lipinski definition) is 1. The molecule has 1 N–H and O–H groups in total. The van der Waals surface area contributed by atoms with Gasteiger partial charge in [-0.05, 0) is 30.7 Å². The van der Waals surface area contributed by atoms with Crippen LogP contribution >= 0.6 is 11.6 Å². The van der Waals surface area contributed by atoms with Crippen LogP contribution in [0.2, 0.25) is 0 Å². The van der Waals surface area contributed by atoms with Gasteiger partial charge in [-0.3, -0.25) is 4.79 Å². The van der Waals surface area contributed by atoms with Crippen molar-refractivity contribution in [3.05, 3.63) is 24.0 Å². The van der Waals surface area contributed by atoms with Crippen molar-refractivity contribution in [2.45, 2.75) is 6.92 Å². The maximum Gasteiger partial charge on any atom is 0.318 e. The number of halogens is 2. The zero-order valence-electron chi connectivity index (χ0n) is 7.51. The highest BCUT2D eigenvalue weighted by atomic mass is 35.5. The summed E-state index contributed by atoms with van der Waals surface area (Å²) in [4.78, 5) is 10.4. The highest BCUT2D eigenvalue weighted by Crippen LogP contribution is 2.21. The standard InChI is InChI=1S/C9H9ClFNO2/c1-2-14-8-4-3-6(5-7(8)11)12-9(10)13/h3-5H,2H2,1H3,(H,12,13). The van der Waals surface area contributed by atoms with E-state index >= 15 is 0 Å². The molecule has 0 heterocycles. The number of rotatable bonds is 3. The molecule has 3 nitrogen and oxygen atoms in total. The molecule has 0 bridgehead atoms. The lowest BCUT2D eigenvalue weighted by Gasteiger charge is -2.06. The molecule has 1 rings (SSSR count). The summed E-state index contributed by atoms with van der Waals surface area (Å²) in [5.74, 6) is -0.380. The van der Waals surface area contributed by atoms with Crippen LogP contribution in [-0.4, -0.2) is 12.0 Å². The minimum atomic E-state index is -0.756. The maximum absolute atomic E-state index is 13.2. The number of anilines is 1. The van der Waals surface area contributed by atoms with Crippen molar-refractivity contribution in [1.82, 2.24) is 0 Å². The first-order valence-electron chi connectivity index (χ1n) is 4.02. The summed E-state index contributed by atoms with van der Waals surface area (Å²) in [5.41, 5.74) is 0.297. The number of hydrogen-bond acceptors (Lipinski definition) is 2. The summed E-state index contributed by atoms with van der Waals surface area (Å²) in [7, 11) is 0. The Morgan fingerprint density at radius 2 is 2.36 bits per heavy atom. The Kier molecular flexibility index (Phi) is 3.71. The third-order valence-corrected chi connectivity index (χ3v) is 1.57. The van der Waals surface area contributed by atoms with Crippen molar-refractivity contribution in [1.29, 1.82) is 0 Å². The Balaban J connectivity index is 2.83. The number of ether oxygens (including phenoxy) is 1. The van der Waals surface area contributed by atoms with Gasteiger partial charge < -0.3 is 10.1 Å². The number of carbonyl (C=O) groups excluding carboxylic acids is 1. The zero-order chi connectivity index (χ0) is 10.6. The van der Waals surface area contributed by atoms with Crippen molar-refractivity contribution in [2.24, 2.45) is 0 Å². The van der Waals surface area contributed by atoms with Gasteiger partial charge in [0, 0.05) is 11.8 Å². The quantitative estimate of drug-likeness (QED) is 0.624. The molecule has 0 atom stereocenters. The molecular weight excluding hydrogens is 209 g/mol. The van der Waals surface area contributed by atoms with Gasteiger partial charge >= 0.3 is 5.37 Å². The summed E-state index contributed by atoms with van der Waals surface area (Å²) >= 11 is 5.06. The second-order valence-corrected chi connectivity index (χ2v) is 2.82. The van der Waals surface area contributed by atoms with E-state index in [1.54, 1.807) is 6.92 Å². The van der Waals surface area contributed by atoms with E-state index < -0.39 is 11.2 Å². The second-order valence-electron chi connectivity index (χ2n) is 2.48. The average Bonchev–Trinajstić information content (AvgIpc) is 2.09. The molecule has 0 saturated heterocycles. The Morgan fingerprint density at radius 1 is 1.64 bits per heavy atom. The SMILES string of the molecule is CCOc1ccc(NC(=O)Cl)cc1F. The first-order valence-corrected chi connectivity index (χ1v) is 4.40. The van der Waals surface area contributed by atoms with Crippen LogP contribution < -0.4 is 10.1 Å². The van der Waals surface area contributed by atoms with Crippen molar-refractivity contribution in [3.63, 3.8) is 0 Å². The molecule has 1 amide bonds.